The SMILES string of the molecule is Cn1c(CO)nnc1Sc1nc(-c2ccccc2)c2ccccc2n1. The van der Waals surface area contributed by atoms with E-state index in [0.29, 0.717) is 16.1 Å². The average Bonchev–Trinajstić information content (AvgIpc) is 3.01. The molecule has 1 N–H and O–H groups in total. The number of hydrogen-bond donors (Lipinski definition) is 1. The molecule has 4 aromatic rings. The third-order valence-corrected chi connectivity index (χ3v) is 4.78. The molecule has 6 nitrogen and oxygen atoms in total. The summed E-state index contributed by atoms with van der Waals surface area (Å²) < 4.78 is 1.74. The molecule has 124 valence electrons. The Hall–Kier alpha value is -2.77. The predicted octanol–water partition coefficient (Wildman–Crippen LogP) is 3.07. The molecule has 2 aromatic heterocycles. The van der Waals surface area contributed by atoms with Crippen LogP contribution in [0.4, 0.5) is 0 Å². The van der Waals surface area contributed by atoms with Crippen LogP contribution in [0.5, 0.6) is 0 Å². The lowest BCUT2D eigenvalue weighted by Gasteiger charge is -2.08. The Kier molecular flexibility index (Phi) is 4.17. The number of para-hydroxylation sites is 1. The minimum absolute atomic E-state index is 0.155. The maximum Gasteiger partial charge on any atom is 0.198 e. The molecule has 0 amide bonds. The van der Waals surface area contributed by atoms with Crippen molar-refractivity contribution >= 4 is 22.7 Å². The van der Waals surface area contributed by atoms with E-state index in [1.54, 1.807) is 4.57 Å². The van der Waals surface area contributed by atoms with Gasteiger partial charge in [-0.2, -0.15) is 0 Å². The number of aliphatic hydroxyl groups excluding tert-OH is 1. The molecule has 0 saturated heterocycles. The minimum Gasteiger partial charge on any atom is -0.388 e. The van der Waals surface area contributed by atoms with Gasteiger partial charge >= 0.3 is 0 Å². The highest BCUT2D eigenvalue weighted by Gasteiger charge is 2.14. The molecular weight excluding hydrogens is 334 g/mol. The van der Waals surface area contributed by atoms with Crippen molar-refractivity contribution in [3.63, 3.8) is 0 Å². The van der Waals surface area contributed by atoms with Crippen LogP contribution in [0.15, 0.2) is 64.9 Å². The van der Waals surface area contributed by atoms with Crippen LogP contribution in [0.2, 0.25) is 0 Å². The van der Waals surface area contributed by atoms with E-state index in [0.717, 1.165) is 22.2 Å². The minimum atomic E-state index is -0.155. The largest absolute Gasteiger partial charge is 0.388 e. The number of nitrogens with zero attached hydrogens (tertiary/aromatic N) is 5. The second-order valence-electron chi connectivity index (χ2n) is 5.46. The summed E-state index contributed by atoms with van der Waals surface area (Å²) in [6, 6.07) is 18.0. The Labute approximate surface area is 148 Å². The Morgan fingerprint density at radius 2 is 1.72 bits per heavy atom. The molecule has 0 spiro atoms. The second-order valence-corrected chi connectivity index (χ2v) is 6.39. The zero-order chi connectivity index (χ0) is 17.2. The van der Waals surface area contributed by atoms with Gasteiger partial charge in [0.15, 0.2) is 16.1 Å². The van der Waals surface area contributed by atoms with Gasteiger partial charge in [-0.25, -0.2) is 9.97 Å². The molecule has 7 heteroatoms. The van der Waals surface area contributed by atoms with Crippen molar-refractivity contribution in [1.29, 1.82) is 0 Å². The van der Waals surface area contributed by atoms with E-state index in [9.17, 15) is 5.11 Å². The van der Waals surface area contributed by atoms with Gasteiger partial charge in [-0.15, -0.1) is 10.2 Å². The first-order chi connectivity index (χ1) is 12.3. The summed E-state index contributed by atoms with van der Waals surface area (Å²) in [6.45, 7) is -0.155. The van der Waals surface area contributed by atoms with Crippen molar-refractivity contribution in [3.05, 3.63) is 60.4 Å². The first-order valence-corrected chi connectivity index (χ1v) is 8.57. The van der Waals surface area contributed by atoms with Crippen molar-refractivity contribution in [3.8, 4) is 11.3 Å². The second kappa shape index (κ2) is 6.62. The van der Waals surface area contributed by atoms with Crippen LogP contribution in [0.3, 0.4) is 0 Å². The van der Waals surface area contributed by atoms with Crippen molar-refractivity contribution < 1.29 is 5.11 Å². The lowest BCUT2D eigenvalue weighted by molar-refractivity contribution is 0.266. The fraction of sp³-hybridized carbons (Fsp3) is 0.111. The molecular formula is C18H15N5OS. The van der Waals surface area contributed by atoms with Crippen LogP contribution in [-0.2, 0) is 13.7 Å². The van der Waals surface area contributed by atoms with Gasteiger partial charge in [-0.3, -0.25) is 0 Å². The van der Waals surface area contributed by atoms with Gasteiger partial charge in [0.2, 0.25) is 0 Å². The van der Waals surface area contributed by atoms with Crippen LogP contribution in [0, 0.1) is 0 Å². The normalized spacial score (nSPS) is 11.1. The fourth-order valence-corrected chi connectivity index (χ4v) is 3.34. The topological polar surface area (TPSA) is 76.7 Å². The molecule has 0 bridgehead atoms. The van der Waals surface area contributed by atoms with Gasteiger partial charge in [0.05, 0.1) is 11.2 Å². The summed E-state index contributed by atoms with van der Waals surface area (Å²) in [5, 5.41) is 19.6. The molecule has 0 aliphatic heterocycles. The van der Waals surface area contributed by atoms with E-state index >= 15 is 0 Å². The van der Waals surface area contributed by atoms with E-state index < -0.39 is 0 Å². The zero-order valence-corrected chi connectivity index (χ0v) is 14.3. The average molecular weight is 349 g/mol. The van der Waals surface area contributed by atoms with Gasteiger partial charge in [-0.05, 0) is 17.8 Å². The van der Waals surface area contributed by atoms with Gasteiger partial charge in [0.1, 0.15) is 6.61 Å². The van der Waals surface area contributed by atoms with Crippen LogP contribution >= 0.6 is 11.8 Å². The highest BCUT2D eigenvalue weighted by atomic mass is 32.2. The van der Waals surface area contributed by atoms with Gasteiger partial charge in [0, 0.05) is 18.0 Å². The fourth-order valence-electron chi connectivity index (χ4n) is 2.57. The molecule has 0 fully saturated rings. The molecule has 0 unspecified atom stereocenters. The number of rotatable bonds is 4. The highest BCUT2D eigenvalue weighted by molar-refractivity contribution is 7.99. The highest BCUT2D eigenvalue weighted by Crippen LogP contribution is 2.30. The Bertz CT molecular complexity index is 1030. The lowest BCUT2D eigenvalue weighted by Crippen LogP contribution is -1.99. The summed E-state index contributed by atoms with van der Waals surface area (Å²) in [6.07, 6.45) is 0. The molecule has 0 aliphatic rings. The monoisotopic (exact) mass is 349 g/mol. The van der Waals surface area contributed by atoms with Crippen LogP contribution in [0.1, 0.15) is 5.82 Å². The maximum atomic E-state index is 9.27. The first kappa shape index (κ1) is 15.7. The molecule has 0 aliphatic carbocycles. The summed E-state index contributed by atoms with van der Waals surface area (Å²) in [5.41, 5.74) is 2.80. The standard InChI is InChI=1S/C18H15N5OS/c1-23-15(11-24)21-22-18(23)25-17-19-14-10-6-5-9-13(14)16(20-17)12-7-3-2-4-8-12/h2-10,24H,11H2,1H3. The first-order valence-electron chi connectivity index (χ1n) is 7.75. The number of benzene rings is 2. The third-order valence-electron chi connectivity index (χ3n) is 3.88. The number of aromatic nitrogens is 5. The van der Waals surface area contributed by atoms with E-state index in [1.165, 1.54) is 11.8 Å². The number of hydrogen-bond acceptors (Lipinski definition) is 6. The Morgan fingerprint density at radius 3 is 2.48 bits per heavy atom. The molecule has 2 heterocycles. The van der Waals surface area contributed by atoms with Gasteiger partial charge < -0.3 is 9.67 Å². The Balaban J connectivity index is 1.83. The summed E-state index contributed by atoms with van der Waals surface area (Å²) in [4.78, 5) is 9.39. The molecule has 0 atom stereocenters. The van der Waals surface area contributed by atoms with E-state index in [-0.39, 0.29) is 6.61 Å². The van der Waals surface area contributed by atoms with E-state index in [4.69, 9.17) is 4.98 Å². The summed E-state index contributed by atoms with van der Waals surface area (Å²) >= 11 is 1.33. The van der Waals surface area contributed by atoms with Crippen molar-refractivity contribution in [2.24, 2.45) is 7.05 Å². The van der Waals surface area contributed by atoms with Crippen molar-refractivity contribution in [2.45, 2.75) is 16.9 Å². The number of fused-ring (bicyclic) bond motifs is 1. The molecule has 25 heavy (non-hydrogen) atoms. The van der Waals surface area contributed by atoms with Crippen LogP contribution < -0.4 is 0 Å². The van der Waals surface area contributed by atoms with Gasteiger partial charge in [-0.1, -0.05) is 48.5 Å². The molecule has 0 radical (unpaired) electrons. The smallest absolute Gasteiger partial charge is 0.198 e. The predicted molar refractivity (Wildman–Crippen MR) is 96.0 cm³/mol. The zero-order valence-electron chi connectivity index (χ0n) is 13.5. The van der Waals surface area contributed by atoms with E-state index in [1.807, 2.05) is 61.6 Å². The van der Waals surface area contributed by atoms with Crippen molar-refractivity contribution in [1.82, 2.24) is 24.7 Å². The molecule has 4 rings (SSSR count). The van der Waals surface area contributed by atoms with Crippen molar-refractivity contribution in [2.75, 3.05) is 0 Å². The van der Waals surface area contributed by atoms with E-state index in [2.05, 4.69) is 15.2 Å². The maximum absolute atomic E-state index is 9.27. The lowest BCUT2D eigenvalue weighted by atomic mass is 10.1. The van der Waals surface area contributed by atoms with Gasteiger partial charge in [0.25, 0.3) is 0 Å². The molecule has 0 saturated carbocycles. The van der Waals surface area contributed by atoms with Crippen LogP contribution in [-0.4, -0.2) is 29.8 Å². The van der Waals surface area contributed by atoms with Crippen LogP contribution in [0.25, 0.3) is 22.2 Å². The number of aliphatic hydroxyl groups is 1. The quantitative estimate of drug-likeness (QED) is 0.571. The summed E-state index contributed by atoms with van der Waals surface area (Å²) in [7, 11) is 1.81. The third kappa shape index (κ3) is 2.99. The molecule has 2 aromatic carbocycles. The Morgan fingerprint density at radius 1 is 0.960 bits per heavy atom. The summed E-state index contributed by atoms with van der Waals surface area (Å²) in [5.74, 6) is 0.506.